The third-order valence-electron chi connectivity index (χ3n) is 4.62. The predicted molar refractivity (Wildman–Crippen MR) is 73.3 cm³/mol. The van der Waals surface area contributed by atoms with Crippen LogP contribution in [0, 0.1) is 12.3 Å². The number of rotatable bonds is 3. The van der Waals surface area contributed by atoms with Crippen LogP contribution in [-0.4, -0.2) is 40.7 Å². The van der Waals surface area contributed by atoms with Crippen molar-refractivity contribution < 1.29 is 9.32 Å². The maximum atomic E-state index is 11.9. The van der Waals surface area contributed by atoms with Crippen LogP contribution >= 0.6 is 0 Å². The van der Waals surface area contributed by atoms with E-state index in [9.17, 15) is 4.79 Å². The molecule has 1 N–H and O–H groups in total. The fourth-order valence-electron chi connectivity index (χ4n) is 3.22. The third kappa shape index (κ3) is 2.39. The number of aromatic nitrogens is 2. The monoisotopic (exact) mass is 278 g/mol. The number of piperidine rings is 1. The molecule has 6 heteroatoms. The van der Waals surface area contributed by atoms with E-state index in [1.807, 2.05) is 11.8 Å². The van der Waals surface area contributed by atoms with Gasteiger partial charge in [0.25, 0.3) is 0 Å². The number of hydrogen-bond donors (Lipinski definition) is 1. The number of likely N-dealkylation sites (tertiary alicyclic amines) is 1. The fraction of sp³-hybridized carbons (Fsp3) is 0.786. The van der Waals surface area contributed by atoms with E-state index < -0.39 is 0 Å². The minimum Gasteiger partial charge on any atom is -0.340 e. The maximum absolute atomic E-state index is 11.9. The molecule has 1 spiro atoms. The van der Waals surface area contributed by atoms with Crippen molar-refractivity contribution in [3.8, 4) is 0 Å². The van der Waals surface area contributed by atoms with Crippen LogP contribution in [0.5, 0.6) is 0 Å². The molecule has 2 heterocycles. The lowest BCUT2D eigenvalue weighted by atomic mass is 9.91. The van der Waals surface area contributed by atoms with E-state index in [0.29, 0.717) is 17.2 Å². The molecule has 1 aliphatic carbocycles. The maximum Gasteiger partial charge on any atom is 0.317 e. The highest BCUT2D eigenvalue weighted by Crippen LogP contribution is 2.64. The molecule has 0 aromatic carbocycles. The standard InChI is InChI=1S/C14H22N4O2/c1-3-6-15-13(19)18-7-4-14(5-8-18)9-11(14)12-16-10(2)20-17-12/h11H,3-9H2,1-2H3,(H,15,19). The highest BCUT2D eigenvalue weighted by atomic mass is 16.5. The Labute approximate surface area is 118 Å². The summed E-state index contributed by atoms with van der Waals surface area (Å²) in [5, 5.41) is 6.99. The Bertz CT molecular complexity index is 491. The van der Waals surface area contributed by atoms with Crippen LogP contribution in [0.2, 0.25) is 0 Å². The van der Waals surface area contributed by atoms with Crippen LogP contribution in [0.3, 0.4) is 0 Å². The molecule has 2 amide bonds. The lowest BCUT2D eigenvalue weighted by Crippen LogP contribution is -2.45. The molecule has 1 saturated carbocycles. The van der Waals surface area contributed by atoms with Crippen LogP contribution < -0.4 is 5.32 Å². The Morgan fingerprint density at radius 3 is 2.85 bits per heavy atom. The van der Waals surface area contributed by atoms with Crippen molar-refractivity contribution in [2.75, 3.05) is 19.6 Å². The average molecular weight is 278 g/mol. The van der Waals surface area contributed by atoms with E-state index in [-0.39, 0.29) is 6.03 Å². The van der Waals surface area contributed by atoms with Gasteiger partial charge >= 0.3 is 6.03 Å². The molecule has 2 aliphatic rings. The zero-order chi connectivity index (χ0) is 14.2. The molecule has 0 bridgehead atoms. The van der Waals surface area contributed by atoms with E-state index in [1.165, 1.54) is 0 Å². The topological polar surface area (TPSA) is 71.3 Å². The highest BCUT2D eigenvalue weighted by molar-refractivity contribution is 5.74. The summed E-state index contributed by atoms with van der Waals surface area (Å²) in [4.78, 5) is 18.2. The Balaban J connectivity index is 1.53. The number of carbonyl (C=O) groups excluding carboxylic acids is 1. The van der Waals surface area contributed by atoms with Crippen molar-refractivity contribution >= 4 is 6.03 Å². The Morgan fingerprint density at radius 1 is 1.50 bits per heavy atom. The van der Waals surface area contributed by atoms with Gasteiger partial charge in [-0.25, -0.2) is 4.79 Å². The molecule has 6 nitrogen and oxygen atoms in total. The molecule has 1 atom stereocenters. The van der Waals surface area contributed by atoms with Crippen molar-refractivity contribution in [1.29, 1.82) is 0 Å². The number of hydrogen-bond acceptors (Lipinski definition) is 4. The Hall–Kier alpha value is -1.59. The summed E-state index contributed by atoms with van der Waals surface area (Å²) < 4.78 is 5.07. The smallest absolute Gasteiger partial charge is 0.317 e. The molecule has 1 aromatic rings. The van der Waals surface area contributed by atoms with E-state index >= 15 is 0 Å². The van der Waals surface area contributed by atoms with Crippen molar-refractivity contribution in [2.24, 2.45) is 5.41 Å². The summed E-state index contributed by atoms with van der Waals surface area (Å²) in [6.45, 7) is 6.32. The van der Waals surface area contributed by atoms with E-state index in [2.05, 4.69) is 22.4 Å². The first-order valence-corrected chi connectivity index (χ1v) is 7.47. The highest BCUT2D eigenvalue weighted by Gasteiger charge is 2.57. The lowest BCUT2D eigenvalue weighted by molar-refractivity contribution is 0.162. The second-order valence-corrected chi connectivity index (χ2v) is 6.01. The third-order valence-corrected chi connectivity index (χ3v) is 4.62. The van der Waals surface area contributed by atoms with Gasteiger partial charge in [-0.05, 0) is 31.1 Å². The number of nitrogens with one attached hydrogen (secondary N) is 1. The van der Waals surface area contributed by atoms with Crippen LogP contribution in [-0.2, 0) is 0 Å². The Kier molecular flexibility index (Phi) is 3.40. The minimum atomic E-state index is 0.0781. The first kappa shape index (κ1) is 13.4. The molecule has 110 valence electrons. The summed E-state index contributed by atoms with van der Waals surface area (Å²) in [7, 11) is 0. The molecular weight excluding hydrogens is 256 g/mol. The largest absolute Gasteiger partial charge is 0.340 e. The van der Waals surface area contributed by atoms with E-state index in [0.717, 1.165) is 51.1 Å². The van der Waals surface area contributed by atoms with Gasteiger partial charge in [0.05, 0.1) is 0 Å². The molecular formula is C14H22N4O2. The lowest BCUT2D eigenvalue weighted by Gasteiger charge is -2.32. The number of aryl methyl sites for hydroxylation is 1. The van der Waals surface area contributed by atoms with Gasteiger partial charge in [0, 0.05) is 32.5 Å². The molecule has 2 fully saturated rings. The van der Waals surface area contributed by atoms with Crippen LogP contribution in [0.15, 0.2) is 4.52 Å². The average Bonchev–Trinajstić information content (AvgIpc) is 2.96. The van der Waals surface area contributed by atoms with Gasteiger partial charge in [-0.3, -0.25) is 0 Å². The molecule has 3 rings (SSSR count). The van der Waals surface area contributed by atoms with Gasteiger partial charge in [0.15, 0.2) is 5.82 Å². The summed E-state index contributed by atoms with van der Waals surface area (Å²) in [5.41, 5.74) is 0.317. The van der Waals surface area contributed by atoms with Crippen molar-refractivity contribution in [2.45, 2.75) is 45.4 Å². The van der Waals surface area contributed by atoms with Crippen LogP contribution in [0.1, 0.15) is 50.2 Å². The van der Waals surface area contributed by atoms with Crippen LogP contribution in [0.25, 0.3) is 0 Å². The van der Waals surface area contributed by atoms with Gasteiger partial charge in [-0.15, -0.1) is 0 Å². The van der Waals surface area contributed by atoms with Crippen molar-refractivity contribution in [3.63, 3.8) is 0 Å². The molecule has 20 heavy (non-hydrogen) atoms. The van der Waals surface area contributed by atoms with Gasteiger partial charge < -0.3 is 14.7 Å². The predicted octanol–water partition coefficient (Wildman–Crippen LogP) is 2.07. The zero-order valence-corrected chi connectivity index (χ0v) is 12.2. The molecule has 1 aromatic heterocycles. The molecule has 1 aliphatic heterocycles. The van der Waals surface area contributed by atoms with Crippen molar-refractivity contribution in [1.82, 2.24) is 20.4 Å². The van der Waals surface area contributed by atoms with E-state index in [1.54, 1.807) is 0 Å². The molecule has 0 radical (unpaired) electrons. The fourth-order valence-corrected chi connectivity index (χ4v) is 3.22. The number of urea groups is 1. The SMILES string of the molecule is CCCNC(=O)N1CCC2(CC1)CC2c1noc(C)n1. The number of nitrogens with zero attached hydrogens (tertiary/aromatic N) is 3. The van der Waals surface area contributed by atoms with Gasteiger partial charge in [-0.2, -0.15) is 4.98 Å². The first-order chi connectivity index (χ1) is 9.64. The minimum absolute atomic E-state index is 0.0781. The van der Waals surface area contributed by atoms with E-state index in [4.69, 9.17) is 4.52 Å². The van der Waals surface area contributed by atoms with Gasteiger partial charge in [0.2, 0.25) is 5.89 Å². The number of amides is 2. The number of carbonyl (C=O) groups is 1. The molecule has 1 unspecified atom stereocenters. The van der Waals surface area contributed by atoms with Crippen LogP contribution in [0.4, 0.5) is 4.79 Å². The normalized spacial score (nSPS) is 23.9. The first-order valence-electron chi connectivity index (χ1n) is 7.47. The quantitative estimate of drug-likeness (QED) is 0.918. The summed E-state index contributed by atoms with van der Waals surface area (Å²) in [6.07, 6.45) is 4.20. The summed E-state index contributed by atoms with van der Waals surface area (Å²) >= 11 is 0. The van der Waals surface area contributed by atoms with Crippen molar-refractivity contribution in [3.05, 3.63) is 11.7 Å². The Morgan fingerprint density at radius 2 is 2.25 bits per heavy atom. The van der Waals surface area contributed by atoms with Gasteiger partial charge in [0.1, 0.15) is 0 Å². The second kappa shape index (κ2) is 5.07. The summed E-state index contributed by atoms with van der Waals surface area (Å²) in [5.74, 6) is 1.92. The molecule has 1 saturated heterocycles. The summed E-state index contributed by atoms with van der Waals surface area (Å²) in [6, 6.07) is 0.0781. The zero-order valence-electron chi connectivity index (χ0n) is 12.2. The van der Waals surface area contributed by atoms with Gasteiger partial charge in [-0.1, -0.05) is 12.1 Å². The second-order valence-electron chi connectivity index (χ2n) is 6.01.